The molecule has 0 bridgehead atoms. The highest BCUT2D eigenvalue weighted by Gasteiger charge is 2.16. The van der Waals surface area contributed by atoms with Gasteiger partial charge in [-0.1, -0.05) is 0 Å². The Hall–Kier alpha value is -2.17. The predicted octanol–water partition coefficient (Wildman–Crippen LogP) is 2.15. The minimum Gasteiger partial charge on any atom is -0.496 e. The molecule has 1 aromatic carbocycles. The number of carbonyl (C=O) groups is 1. The van der Waals surface area contributed by atoms with E-state index in [1.165, 1.54) is 20.3 Å². The molecule has 16 heavy (non-hydrogen) atoms. The summed E-state index contributed by atoms with van der Waals surface area (Å²) in [6.07, 6.45) is 0. The third kappa shape index (κ3) is 1.46. The zero-order valence-corrected chi connectivity index (χ0v) is 8.81. The number of methoxy groups -OCH3 is 2. The van der Waals surface area contributed by atoms with Crippen molar-refractivity contribution in [2.75, 3.05) is 14.2 Å². The molecule has 2 aromatic rings. The normalized spacial score (nSPS) is 10.4. The number of furan rings is 1. The number of ether oxygens (including phenoxy) is 2. The van der Waals surface area contributed by atoms with E-state index in [1.807, 2.05) is 0 Å². The zero-order chi connectivity index (χ0) is 11.7. The molecule has 2 rings (SSSR count). The van der Waals surface area contributed by atoms with Crippen molar-refractivity contribution >= 4 is 16.9 Å². The van der Waals surface area contributed by atoms with Crippen LogP contribution < -0.4 is 9.47 Å². The summed E-state index contributed by atoms with van der Waals surface area (Å²) >= 11 is 0. The highest BCUT2D eigenvalue weighted by Crippen LogP contribution is 2.35. The van der Waals surface area contributed by atoms with Gasteiger partial charge in [0.25, 0.3) is 0 Å². The molecule has 1 N–H and O–H groups in total. The van der Waals surface area contributed by atoms with Gasteiger partial charge in [0.15, 0.2) is 11.3 Å². The van der Waals surface area contributed by atoms with Gasteiger partial charge in [-0.15, -0.1) is 0 Å². The number of carboxylic acids is 1. The summed E-state index contributed by atoms with van der Waals surface area (Å²) in [6.45, 7) is 0. The van der Waals surface area contributed by atoms with E-state index < -0.39 is 5.97 Å². The Kier molecular flexibility index (Phi) is 2.44. The Labute approximate surface area is 91.2 Å². The fourth-order valence-electron chi connectivity index (χ4n) is 1.52. The Bertz CT molecular complexity index is 500. The Morgan fingerprint density at radius 2 is 1.88 bits per heavy atom. The van der Waals surface area contributed by atoms with Crippen LogP contribution in [0.15, 0.2) is 22.6 Å². The van der Waals surface area contributed by atoms with Crippen molar-refractivity contribution in [3.63, 3.8) is 0 Å². The molecule has 0 aliphatic carbocycles. The third-order valence-corrected chi connectivity index (χ3v) is 2.26. The fourth-order valence-corrected chi connectivity index (χ4v) is 1.52. The van der Waals surface area contributed by atoms with E-state index in [-0.39, 0.29) is 5.76 Å². The molecular formula is C11H10O5. The molecule has 0 saturated carbocycles. The number of hydrogen-bond donors (Lipinski definition) is 1. The second-order valence-corrected chi connectivity index (χ2v) is 3.13. The smallest absolute Gasteiger partial charge is 0.371 e. The maximum atomic E-state index is 10.8. The van der Waals surface area contributed by atoms with Gasteiger partial charge in [-0.25, -0.2) is 4.79 Å². The number of aromatic carboxylic acids is 1. The molecule has 0 fully saturated rings. The molecule has 0 aliphatic heterocycles. The lowest BCUT2D eigenvalue weighted by Gasteiger charge is -2.03. The number of fused-ring (bicyclic) bond motifs is 1. The van der Waals surface area contributed by atoms with Crippen molar-refractivity contribution in [2.45, 2.75) is 0 Å². The van der Waals surface area contributed by atoms with Gasteiger partial charge in [-0.3, -0.25) is 0 Å². The van der Waals surface area contributed by atoms with E-state index in [0.717, 1.165) is 0 Å². The van der Waals surface area contributed by atoms with Crippen molar-refractivity contribution < 1.29 is 23.8 Å². The first-order chi connectivity index (χ1) is 7.67. The Morgan fingerprint density at radius 1 is 1.25 bits per heavy atom. The van der Waals surface area contributed by atoms with Crippen LogP contribution in [0.4, 0.5) is 0 Å². The summed E-state index contributed by atoms with van der Waals surface area (Å²) in [6, 6.07) is 4.78. The molecular weight excluding hydrogens is 212 g/mol. The highest BCUT2D eigenvalue weighted by molar-refractivity contribution is 5.96. The summed E-state index contributed by atoms with van der Waals surface area (Å²) in [5.41, 5.74) is 0.374. The first-order valence-electron chi connectivity index (χ1n) is 4.55. The number of rotatable bonds is 3. The van der Waals surface area contributed by atoms with Crippen molar-refractivity contribution in [3.05, 3.63) is 24.0 Å². The maximum Gasteiger partial charge on any atom is 0.371 e. The largest absolute Gasteiger partial charge is 0.496 e. The lowest BCUT2D eigenvalue weighted by Crippen LogP contribution is -1.91. The van der Waals surface area contributed by atoms with Crippen LogP contribution in [-0.2, 0) is 0 Å². The topological polar surface area (TPSA) is 68.9 Å². The standard InChI is InChI=1S/C11H10O5/c1-14-7-3-4-8(15-2)10-6(7)5-9(16-10)11(12)13/h3-5H,1-2H3,(H,12,13). The second kappa shape index (κ2) is 3.77. The average Bonchev–Trinajstić information content (AvgIpc) is 2.72. The molecule has 5 nitrogen and oxygen atoms in total. The lowest BCUT2D eigenvalue weighted by molar-refractivity contribution is 0.0665. The van der Waals surface area contributed by atoms with E-state index in [9.17, 15) is 4.79 Å². The summed E-state index contributed by atoms with van der Waals surface area (Å²) < 4.78 is 15.4. The van der Waals surface area contributed by atoms with Gasteiger partial charge >= 0.3 is 5.97 Å². The number of benzene rings is 1. The molecule has 1 aromatic heterocycles. The van der Waals surface area contributed by atoms with Crippen molar-refractivity contribution in [3.8, 4) is 11.5 Å². The number of hydrogen-bond acceptors (Lipinski definition) is 4. The van der Waals surface area contributed by atoms with Crippen molar-refractivity contribution in [1.29, 1.82) is 0 Å². The predicted molar refractivity (Wildman–Crippen MR) is 56.3 cm³/mol. The van der Waals surface area contributed by atoms with Crippen molar-refractivity contribution in [1.82, 2.24) is 0 Å². The van der Waals surface area contributed by atoms with E-state index in [2.05, 4.69) is 0 Å². The van der Waals surface area contributed by atoms with Crippen LogP contribution in [0.3, 0.4) is 0 Å². The van der Waals surface area contributed by atoms with Crippen LogP contribution in [0.5, 0.6) is 11.5 Å². The molecule has 0 atom stereocenters. The third-order valence-electron chi connectivity index (χ3n) is 2.26. The molecule has 0 spiro atoms. The summed E-state index contributed by atoms with van der Waals surface area (Å²) in [5, 5.41) is 9.42. The highest BCUT2D eigenvalue weighted by atomic mass is 16.5. The van der Waals surface area contributed by atoms with Gasteiger partial charge in [-0.05, 0) is 12.1 Å². The van der Waals surface area contributed by atoms with E-state index in [4.69, 9.17) is 19.0 Å². The van der Waals surface area contributed by atoms with E-state index >= 15 is 0 Å². The minimum absolute atomic E-state index is 0.141. The SMILES string of the molecule is COc1ccc(OC)c2oc(C(=O)O)cc12. The minimum atomic E-state index is -1.12. The van der Waals surface area contributed by atoms with Crippen LogP contribution in [-0.4, -0.2) is 25.3 Å². The van der Waals surface area contributed by atoms with Gasteiger partial charge in [0.1, 0.15) is 5.75 Å². The van der Waals surface area contributed by atoms with E-state index in [1.54, 1.807) is 12.1 Å². The Balaban J connectivity index is 2.75. The quantitative estimate of drug-likeness (QED) is 0.861. The zero-order valence-electron chi connectivity index (χ0n) is 8.81. The van der Waals surface area contributed by atoms with Gasteiger partial charge in [-0.2, -0.15) is 0 Å². The lowest BCUT2D eigenvalue weighted by atomic mass is 10.2. The average molecular weight is 222 g/mol. The summed E-state index contributed by atoms with van der Waals surface area (Å²) in [7, 11) is 3.00. The van der Waals surface area contributed by atoms with Crippen LogP contribution in [0, 0.1) is 0 Å². The number of carboxylic acid groups (broad SMARTS) is 1. The second-order valence-electron chi connectivity index (χ2n) is 3.13. The molecule has 1 heterocycles. The first-order valence-corrected chi connectivity index (χ1v) is 4.55. The molecule has 0 saturated heterocycles. The molecule has 0 aliphatic rings. The van der Waals surface area contributed by atoms with Gasteiger partial charge in [0.05, 0.1) is 19.6 Å². The molecule has 0 unspecified atom stereocenters. The monoisotopic (exact) mass is 222 g/mol. The van der Waals surface area contributed by atoms with Gasteiger partial charge in [0, 0.05) is 6.07 Å². The van der Waals surface area contributed by atoms with Gasteiger partial charge in [0.2, 0.25) is 5.76 Å². The van der Waals surface area contributed by atoms with Crippen LogP contribution in [0.25, 0.3) is 11.0 Å². The fraction of sp³-hybridized carbons (Fsp3) is 0.182. The maximum absolute atomic E-state index is 10.8. The summed E-state index contributed by atoms with van der Waals surface area (Å²) in [4.78, 5) is 10.8. The van der Waals surface area contributed by atoms with Gasteiger partial charge < -0.3 is 19.0 Å². The molecule has 5 heteroatoms. The van der Waals surface area contributed by atoms with Crippen LogP contribution in [0.1, 0.15) is 10.6 Å². The first kappa shape index (κ1) is 10.4. The molecule has 84 valence electrons. The molecule has 0 radical (unpaired) electrons. The van der Waals surface area contributed by atoms with Crippen LogP contribution in [0.2, 0.25) is 0 Å². The summed E-state index contributed by atoms with van der Waals surface area (Å²) in [5.74, 6) is -0.242. The molecule has 0 amide bonds. The van der Waals surface area contributed by atoms with Crippen LogP contribution >= 0.6 is 0 Å². The van der Waals surface area contributed by atoms with Crippen molar-refractivity contribution in [2.24, 2.45) is 0 Å². The van der Waals surface area contributed by atoms with E-state index in [0.29, 0.717) is 22.5 Å². The Morgan fingerprint density at radius 3 is 2.44 bits per heavy atom.